The van der Waals surface area contributed by atoms with Crippen LogP contribution in [-0.2, 0) is 0 Å². The van der Waals surface area contributed by atoms with E-state index in [1.807, 2.05) is 0 Å². The SMILES string of the molecule is CCC(C)c1ccc2ccccc2c1.Cc1ccccc1-c1c(C)c2ccccc2c2c1ccc1ccccc12. The van der Waals surface area contributed by atoms with E-state index in [2.05, 4.69) is 155 Å². The van der Waals surface area contributed by atoms with Gasteiger partial charge in [0.2, 0.25) is 0 Å². The van der Waals surface area contributed by atoms with Gasteiger partial charge in [-0.15, -0.1) is 0 Å². The highest BCUT2D eigenvalue weighted by atomic mass is 14.2. The third kappa shape index (κ3) is 4.65. The second-order valence-corrected chi connectivity index (χ2v) is 11.0. The van der Waals surface area contributed by atoms with E-state index in [1.165, 1.54) is 77.3 Å². The molecule has 0 nitrogen and oxygen atoms in total. The Morgan fingerprint density at radius 1 is 0.525 bits per heavy atom. The van der Waals surface area contributed by atoms with Gasteiger partial charge in [0.1, 0.15) is 0 Å². The van der Waals surface area contributed by atoms with Gasteiger partial charge in [-0.3, -0.25) is 0 Å². The van der Waals surface area contributed by atoms with Crippen LogP contribution in [0.4, 0.5) is 0 Å². The molecule has 0 aliphatic rings. The lowest BCUT2D eigenvalue weighted by atomic mass is 9.85. The van der Waals surface area contributed by atoms with E-state index in [4.69, 9.17) is 0 Å². The first kappa shape index (κ1) is 25.8. The lowest BCUT2D eigenvalue weighted by Gasteiger charge is -2.18. The fraction of sp³-hybridized carbons (Fsp3) is 0.150. The van der Waals surface area contributed by atoms with Crippen LogP contribution >= 0.6 is 0 Å². The molecule has 40 heavy (non-hydrogen) atoms. The van der Waals surface area contributed by atoms with E-state index in [0.29, 0.717) is 5.92 Å². The summed E-state index contributed by atoms with van der Waals surface area (Å²) in [6.07, 6.45) is 1.21. The highest BCUT2D eigenvalue weighted by Gasteiger charge is 2.16. The maximum Gasteiger partial charge on any atom is -0.00204 e. The van der Waals surface area contributed by atoms with E-state index in [1.54, 1.807) is 0 Å². The predicted molar refractivity (Wildman–Crippen MR) is 177 cm³/mol. The van der Waals surface area contributed by atoms with Gasteiger partial charge in [-0.2, -0.15) is 0 Å². The van der Waals surface area contributed by atoms with Gasteiger partial charge in [-0.1, -0.05) is 141 Å². The third-order valence-electron chi connectivity index (χ3n) is 8.54. The van der Waals surface area contributed by atoms with Gasteiger partial charge in [-0.05, 0) is 97.1 Å². The third-order valence-corrected chi connectivity index (χ3v) is 8.54. The van der Waals surface area contributed by atoms with Crippen LogP contribution in [0.3, 0.4) is 0 Å². The van der Waals surface area contributed by atoms with E-state index < -0.39 is 0 Å². The summed E-state index contributed by atoms with van der Waals surface area (Å²) in [5.41, 5.74) is 6.82. The Balaban J connectivity index is 0.000000175. The van der Waals surface area contributed by atoms with Crippen molar-refractivity contribution in [1.29, 1.82) is 0 Å². The molecule has 7 aromatic carbocycles. The van der Waals surface area contributed by atoms with Gasteiger partial charge in [0.15, 0.2) is 0 Å². The molecule has 7 rings (SSSR count). The van der Waals surface area contributed by atoms with Crippen molar-refractivity contribution in [3.63, 3.8) is 0 Å². The molecule has 0 aliphatic heterocycles. The largest absolute Gasteiger partial charge is 0.0648 e. The van der Waals surface area contributed by atoms with Gasteiger partial charge in [0.25, 0.3) is 0 Å². The molecule has 0 heterocycles. The summed E-state index contributed by atoms with van der Waals surface area (Å²) < 4.78 is 0. The van der Waals surface area contributed by atoms with Crippen LogP contribution in [0.5, 0.6) is 0 Å². The van der Waals surface area contributed by atoms with Crippen LogP contribution in [0.25, 0.3) is 54.2 Å². The van der Waals surface area contributed by atoms with Crippen LogP contribution in [0, 0.1) is 13.8 Å². The summed E-state index contributed by atoms with van der Waals surface area (Å²) in [6, 6.07) is 46.1. The first-order valence-electron chi connectivity index (χ1n) is 14.4. The second-order valence-electron chi connectivity index (χ2n) is 11.0. The lowest BCUT2D eigenvalue weighted by Crippen LogP contribution is -1.92. The van der Waals surface area contributed by atoms with Crippen molar-refractivity contribution in [2.24, 2.45) is 0 Å². The number of fused-ring (bicyclic) bond motifs is 6. The van der Waals surface area contributed by atoms with Gasteiger partial charge in [0.05, 0.1) is 0 Å². The van der Waals surface area contributed by atoms with Gasteiger partial charge in [0, 0.05) is 0 Å². The maximum atomic E-state index is 2.31. The molecular weight excluding hydrogens is 480 g/mol. The number of benzene rings is 7. The number of aryl methyl sites for hydroxylation is 2. The zero-order valence-electron chi connectivity index (χ0n) is 23.9. The molecule has 0 aliphatic carbocycles. The van der Waals surface area contributed by atoms with Crippen LogP contribution in [0.1, 0.15) is 42.9 Å². The maximum absolute atomic E-state index is 2.31. The van der Waals surface area contributed by atoms with Gasteiger partial charge < -0.3 is 0 Å². The Morgan fingerprint density at radius 2 is 1.12 bits per heavy atom. The van der Waals surface area contributed by atoms with E-state index in [0.717, 1.165) is 0 Å². The number of rotatable bonds is 3. The Morgan fingerprint density at radius 3 is 1.88 bits per heavy atom. The summed E-state index contributed by atoms with van der Waals surface area (Å²) in [4.78, 5) is 0. The fourth-order valence-corrected chi connectivity index (χ4v) is 6.09. The standard InChI is InChI=1S/C26H20.C14H16/c1-17-9-3-5-11-20(17)25-18(2)21-12-7-8-14-23(21)26-22-13-6-4-10-19(22)15-16-24(25)26;1-3-11(2)13-9-8-12-6-4-5-7-14(12)10-13/h3-16H,1-2H3;4-11H,3H2,1-2H3. The average molecular weight is 517 g/mol. The normalized spacial score (nSPS) is 12.0. The topological polar surface area (TPSA) is 0 Å². The van der Waals surface area contributed by atoms with Crippen molar-refractivity contribution in [3.05, 3.63) is 144 Å². The van der Waals surface area contributed by atoms with Crippen molar-refractivity contribution in [1.82, 2.24) is 0 Å². The Kier molecular flexibility index (Phi) is 7.10. The summed E-state index contributed by atoms with van der Waals surface area (Å²) in [5.74, 6) is 0.666. The monoisotopic (exact) mass is 516 g/mol. The van der Waals surface area contributed by atoms with Crippen molar-refractivity contribution < 1.29 is 0 Å². The Hall–Kier alpha value is -4.42. The highest BCUT2D eigenvalue weighted by Crippen LogP contribution is 2.42. The minimum absolute atomic E-state index is 0.666. The molecule has 7 aromatic rings. The molecule has 1 atom stereocenters. The molecule has 0 heteroatoms. The van der Waals surface area contributed by atoms with Crippen molar-refractivity contribution in [3.8, 4) is 11.1 Å². The summed E-state index contributed by atoms with van der Waals surface area (Å²) in [6.45, 7) is 8.99. The van der Waals surface area contributed by atoms with E-state index in [9.17, 15) is 0 Å². The van der Waals surface area contributed by atoms with E-state index >= 15 is 0 Å². The summed E-state index contributed by atoms with van der Waals surface area (Å²) >= 11 is 0. The first-order chi connectivity index (χ1) is 19.6. The predicted octanol–water partition coefficient (Wildman–Crippen LogP) is 11.8. The Labute approximate surface area is 237 Å². The zero-order chi connectivity index (χ0) is 27.6. The number of hydrogen-bond acceptors (Lipinski definition) is 0. The molecule has 0 amide bonds. The molecule has 0 radical (unpaired) electrons. The molecular formula is C40H36. The first-order valence-corrected chi connectivity index (χ1v) is 14.4. The smallest absolute Gasteiger partial charge is 0.00204 e. The molecule has 0 saturated carbocycles. The van der Waals surface area contributed by atoms with Crippen molar-refractivity contribution in [2.45, 2.75) is 40.0 Å². The van der Waals surface area contributed by atoms with Crippen LogP contribution in [-0.4, -0.2) is 0 Å². The fourth-order valence-electron chi connectivity index (χ4n) is 6.09. The molecule has 0 N–H and O–H groups in total. The zero-order valence-corrected chi connectivity index (χ0v) is 23.9. The minimum Gasteiger partial charge on any atom is -0.0648 e. The second kappa shape index (κ2) is 11.0. The van der Waals surface area contributed by atoms with Gasteiger partial charge >= 0.3 is 0 Å². The van der Waals surface area contributed by atoms with Crippen LogP contribution in [0.2, 0.25) is 0 Å². The van der Waals surface area contributed by atoms with Crippen molar-refractivity contribution in [2.75, 3.05) is 0 Å². The molecule has 0 spiro atoms. The van der Waals surface area contributed by atoms with Gasteiger partial charge in [-0.25, -0.2) is 0 Å². The highest BCUT2D eigenvalue weighted by molar-refractivity contribution is 6.25. The molecule has 0 aromatic heterocycles. The lowest BCUT2D eigenvalue weighted by molar-refractivity contribution is 0.735. The van der Waals surface area contributed by atoms with Crippen LogP contribution < -0.4 is 0 Å². The molecule has 196 valence electrons. The quantitative estimate of drug-likeness (QED) is 0.205. The Bertz CT molecular complexity index is 1970. The number of hydrogen-bond donors (Lipinski definition) is 0. The molecule has 0 saturated heterocycles. The average Bonchev–Trinajstić information content (AvgIpc) is 3.01. The molecule has 1 unspecified atom stereocenters. The van der Waals surface area contributed by atoms with E-state index in [-0.39, 0.29) is 0 Å². The van der Waals surface area contributed by atoms with Crippen molar-refractivity contribution >= 4 is 43.1 Å². The minimum atomic E-state index is 0.666. The summed E-state index contributed by atoms with van der Waals surface area (Å²) in [7, 11) is 0. The molecule has 0 bridgehead atoms. The molecule has 0 fully saturated rings. The summed E-state index contributed by atoms with van der Waals surface area (Å²) in [5, 5.41) is 10.7. The van der Waals surface area contributed by atoms with Crippen LogP contribution in [0.15, 0.2) is 127 Å².